The second kappa shape index (κ2) is 8.77. The van der Waals surface area contributed by atoms with Crippen LogP contribution in [0, 0.1) is 5.92 Å². The van der Waals surface area contributed by atoms with Crippen LogP contribution in [0.1, 0.15) is 24.8 Å². The highest BCUT2D eigenvalue weighted by Gasteiger charge is 2.13. The zero-order valence-electron chi connectivity index (χ0n) is 12.3. The van der Waals surface area contributed by atoms with Gasteiger partial charge in [-0.25, -0.2) is 0 Å². The quantitative estimate of drug-likeness (QED) is 0.753. The molecule has 1 aromatic carbocycles. The Hall–Kier alpha value is -1.43. The van der Waals surface area contributed by atoms with Gasteiger partial charge in [0.2, 0.25) is 5.91 Å². The molecule has 116 valence electrons. The molecule has 5 heteroatoms. The average Bonchev–Trinajstić information content (AvgIpc) is 2.53. The lowest BCUT2D eigenvalue weighted by atomic mass is 10.0. The number of anilines is 1. The topological polar surface area (TPSA) is 73.6 Å². The molecule has 1 aliphatic heterocycles. The van der Waals surface area contributed by atoms with Crippen molar-refractivity contribution < 1.29 is 14.3 Å². The molecule has 3 N–H and O–H groups in total. The lowest BCUT2D eigenvalue weighted by Gasteiger charge is -2.21. The minimum atomic E-state index is -0.0255. The molecule has 21 heavy (non-hydrogen) atoms. The van der Waals surface area contributed by atoms with Crippen LogP contribution in [-0.2, 0) is 20.8 Å². The Kier molecular flexibility index (Phi) is 6.66. The second-order valence-corrected chi connectivity index (χ2v) is 5.33. The fraction of sp³-hybridized carbons (Fsp3) is 0.562. The number of benzene rings is 1. The largest absolute Gasteiger partial charge is 0.381 e. The lowest BCUT2D eigenvalue weighted by Crippen LogP contribution is -2.21. The van der Waals surface area contributed by atoms with Gasteiger partial charge in [-0.3, -0.25) is 4.79 Å². The molecule has 1 amide bonds. The van der Waals surface area contributed by atoms with Crippen molar-refractivity contribution in [1.82, 2.24) is 0 Å². The molecule has 0 unspecified atom stereocenters. The van der Waals surface area contributed by atoms with Crippen molar-refractivity contribution in [1.29, 1.82) is 0 Å². The van der Waals surface area contributed by atoms with E-state index in [1.54, 1.807) is 0 Å². The first kappa shape index (κ1) is 15.9. The molecule has 0 aromatic heterocycles. The maximum Gasteiger partial charge on any atom is 0.226 e. The molecule has 0 bridgehead atoms. The first-order valence-corrected chi connectivity index (χ1v) is 7.52. The van der Waals surface area contributed by atoms with Crippen LogP contribution in [0.3, 0.4) is 0 Å². The Morgan fingerprint density at radius 3 is 2.67 bits per heavy atom. The van der Waals surface area contributed by atoms with Crippen LogP contribution in [0.25, 0.3) is 0 Å². The Morgan fingerprint density at radius 2 is 2.00 bits per heavy atom. The lowest BCUT2D eigenvalue weighted by molar-refractivity contribution is -0.117. The Bertz CT molecular complexity index is 428. The monoisotopic (exact) mass is 292 g/mol. The number of nitrogens with one attached hydrogen (secondary N) is 1. The van der Waals surface area contributed by atoms with Crippen LogP contribution in [0.2, 0.25) is 0 Å². The van der Waals surface area contributed by atoms with Gasteiger partial charge in [-0.15, -0.1) is 0 Å². The number of hydrogen-bond acceptors (Lipinski definition) is 4. The van der Waals surface area contributed by atoms with E-state index in [2.05, 4.69) is 5.32 Å². The number of amides is 1. The smallest absolute Gasteiger partial charge is 0.226 e. The highest BCUT2D eigenvalue weighted by atomic mass is 16.5. The summed E-state index contributed by atoms with van der Waals surface area (Å²) in [6, 6.07) is 7.56. The second-order valence-electron chi connectivity index (χ2n) is 5.33. The molecule has 2 rings (SSSR count). The van der Waals surface area contributed by atoms with E-state index >= 15 is 0 Å². The summed E-state index contributed by atoms with van der Waals surface area (Å²) in [5, 5.41) is 2.85. The molecule has 0 atom stereocenters. The van der Waals surface area contributed by atoms with Crippen LogP contribution in [0.5, 0.6) is 0 Å². The van der Waals surface area contributed by atoms with Gasteiger partial charge in [-0.1, -0.05) is 12.1 Å². The van der Waals surface area contributed by atoms with Gasteiger partial charge in [0, 0.05) is 32.1 Å². The summed E-state index contributed by atoms with van der Waals surface area (Å²) in [7, 11) is 0. The fourth-order valence-corrected chi connectivity index (χ4v) is 2.28. The normalized spacial score (nSPS) is 15.9. The highest BCUT2D eigenvalue weighted by molar-refractivity contribution is 5.90. The van der Waals surface area contributed by atoms with E-state index < -0.39 is 0 Å². The van der Waals surface area contributed by atoms with Crippen molar-refractivity contribution >= 4 is 11.6 Å². The molecule has 1 fully saturated rings. The van der Waals surface area contributed by atoms with Gasteiger partial charge in [-0.2, -0.15) is 0 Å². The molecule has 1 aliphatic rings. The first-order valence-electron chi connectivity index (χ1n) is 7.52. The fourth-order valence-electron chi connectivity index (χ4n) is 2.28. The van der Waals surface area contributed by atoms with Gasteiger partial charge < -0.3 is 20.5 Å². The predicted molar refractivity (Wildman–Crippen MR) is 81.9 cm³/mol. The van der Waals surface area contributed by atoms with Crippen LogP contribution < -0.4 is 11.1 Å². The van der Waals surface area contributed by atoms with Crippen molar-refractivity contribution in [2.24, 2.45) is 11.7 Å². The van der Waals surface area contributed by atoms with Gasteiger partial charge in [0.15, 0.2) is 0 Å². The summed E-state index contributed by atoms with van der Waals surface area (Å²) in [6.45, 7) is 3.35. The molecule has 0 aliphatic carbocycles. The number of hydrogen-bond donors (Lipinski definition) is 2. The summed E-state index contributed by atoms with van der Waals surface area (Å²) in [6.07, 6.45) is 2.49. The third-order valence-electron chi connectivity index (χ3n) is 3.64. The van der Waals surface area contributed by atoms with E-state index in [0.717, 1.165) is 43.9 Å². The minimum absolute atomic E-state index is 0.0255. The Morgan fingerprint density at radius 1 is 1.29 bits per heavy atom. The molecule has 0 spiro atoms. The summed E-state index contributed by atoms with van der Waals surface area (Å²) >= 11 is 0. The molecule has 1 saturated heterocycles. The molecular formula is C16H24N2O3. The Labute approximate surface area is 125 Å². The van der Waals surface area contributed by atoms with Crippen molar-refractivity contribution in [3.8, 4) is 0 Å². The van der Waals surface area contributed by atoms with Crippen molar-refractivity contribution in [2.75, 3.05) is 31.7 Å². The number of ether oxygens (including phenoxy) is 2. The summed E-state index contributed by atoms with van der Waals surface area (Å²) in [4.78, 5) is 11.8. The van der Waals surface area contributed by atoms with Gasteiger partial charge in [0.25, 0.3) is 0 Å². The van der Waals surface area contributed by atoms with Crippen molar-refractivity contribution in [3.05, 3.63) is 29.8 Å². The minimum Gasteiger partial charge on any atom is -0.381 e. The SMILES string of the molecule is NCc1ccc(NC(=O)CCOCC2CCOCC2)cc1. The zero-order chi connectivity index (χ0) is 14.9. The van der Waals surface area contributed by atoms with Gasteiger partial charge in [-0.05, 0) is 36.5 Å². The molecule has 0 radical (unpaired) electrons. The third kappa shape index (κ3) is 5.83. The van der Waals surface area contributed by atoms with Crippen LogP contribution in [0.4, 0.5) is 5.69 Å². The van der Waals surface area contributed by atoms with Crippen molar-refractivity contribution in [2.45, 2.75) is 25.8 Å². The molecule has 1 aromatic rings. The maximum atomic E-state index is 11.8. The van der Waals surface area contributed by atoms with E-state index in [1.807, 2.05) is 24.3 Å². The third-order valence-corrected chi connectivity index (χ3v) is 3.64. The summed E-state index contributed by atoms with van der Waals surface area (Å²) in [5.41, 5.74) is 7.37. The van der Waals surface area contributed by atoms with Crippen molar-refractivity contribution in [3.63, 3.8) is 0 Å². The molecule has 0 saturated carbocycles. The van der Waals surface area contributed by atoms with E-state index in [4.69, 9.17) is 15.2 Å². The van der Waals surface area contributed by atoms with Crippen LogP contribution in [-0.4, -0.2) is 32.3 Å². The predicted octanol–water partition coefficient (Wildman–Crippen LogP) is 1.92. The van der Waals surface area contributed by atoms with E-state index in [-0.39, 0.29) is 5.91 Å². The number of nitrogens with two attached hydrogens (primary N) is 1. The summed E-state index contributed by atoms with van der Waals surface area (Å²) < 4.78 is 10.9. The standard InChI is InChI=1S/C16H24N2O3/c17-11-13-1-3-15(4-2-13)18-16(19)7-10-21-12-14-5-8-20-9-6-14/h1-4,14H,5-12,17H2,(H,18,19). The number of carbonyl (C=O) groups is 1. The zero-order valence-corrected chi connectivity index (χ0v) is 12.3. The Balaban J connectivity index is 1.60. The maximum absolute atomic E-state index is 11.8. The van der Waals surface area contributed by atoms with Gasteiger partial charge in [0.05, 0.1) is 13.0 Å². The van der Waals surface area contributed by atoms with E-state index in [0.29, 0.717) is 25.5 Å². The van der Waals surface area contributed by atoms with Gasteiger partial charge in [0.1, 0.15) is 0 Å². The average molecular weight is 292 g/mol. The number of carbonyl (C=O) groups excluding carboxylic acids is 1. The first-order chi connectivity index (χ1) is 10.3. The highest BCUT2D eigenvalue weighted by Crippen LogP contribution is 2.15. The summed E-state index contributed by atoms with van der Waals surface area (Å²) in [5.74, 6) is 0.549. The molecular weight excluding hydrogens is 268 g/mol. The number of rotatable bonds is 7. The van der Waals surface area contributed by atoms with Gasteiger partial charge >= 0.3 is 0 Å². The van der Waals surface area contributed by atoms with Crippen LogP contribution >= 0.6 is 0 Å². The van der Waals surface area contributed by atoms with Crippen LogP contribution in [0.15, 0.2) is 24.3 Å². The molecule has 1 heterocycles. The molecule has 5 nitrogen and oxygen atoms in total. The van der Waals surface area contributed by atoms with E-state index in [9.17, 15) is 4.79 Å². The van der Waals surface area contributed by atoms with E-state index in [1.165, 1.54) is 0 Å².